The molecule has 2 fully saturated rings. The molecule has 0 aromatic heterocycles. The average molecular weight is 367 g/mol. The van der Waals surface area contributed by atoms with E-state index in [-0.39, 0.29) is 29.4 Å². The van der Waals surface area contributed by atoms with Gasteiger partial charge in [-0.2, -0.15) is 0 Å². The number of nitrogens with zero attached hydrogens (tertiary/aromatic N) is 1. The minimum atomic E-state index is 0. The number of halogens is 1. The topological polar surface area (TPSA) is 45.7 Å². The van der Waals surface area contributed by atoms with Crippen molar-refractivity contribution in [3.8, 4) is 0 Å². The van der Waals surface area contributed by atoms with Crippen LogP contribution in [-0.4, -0.2) is 38.3 Å². The molecule has 0 aromatic rings. The first-order valence-electron chi connectivity index (χ1n) is 6.70. The molecule has 0 bridgehead atoms. The molecule has 1 heterocycles. The van der Waals surface area contributed by atoms with Crippen LogP contribution in [-0.2, 0) is 4.74 Å². The van der Waals surface area contributed by atoms with Gasteiger partial charge in [0.05, 0.1) is 6.10 Å². The molecule has 2 rings (SSSR count). The molecular weight excluding hydrogens is 341 g/mol. The number of guanidine groups is 1. The third kappa shape index (κ3) is 2.76. The van der Waals surface area contributed by atoms with Crippen molar-refractivity contribution in [3.05, 3.63) is 0 Å². The average Bonchev–Trinajstić information content (AvgIpc) is 2.76. The van der Waals surface area contributed by atoms with Crippen molar-refractivity contribution < 1.29 is 4.74 Å². The van der Waals surface area contributed by atoms with Crippen molar-refractivity contribution in [3.63, 3.8) is 0 Å². The van der Waals surface area contributed by atoms with E-state index in [4.69, 9.17) is 4.74 Å². The lowest BCUT2D eigenvalue weighted by atomic mass is 9.57. The minimum absolute atomic E-state index is 0. The number of nitrogens with one attached hydrogen (secondary N) is 2. The van der Waals surface area contributed by atoms with Gasteiger partial charge >= 0.3 is 0 Å². The lowest BCUT2D eigenvalue weighted by Crippen LogP contribution is -2.67. The van der Waals surface area contributed by atoms with Gasteiger partial charge in [0.15, 0.2) is 5.96 Å². The third-order valence-corrected chi connectivity index (χ3v) is 4.16. The Morgan fingerprint density at radius 2 is 2.17 bits per heavy atom. The van der Waals surface area contributed by atoms with Gasteiger partial charge in [0.2, 0.25) is 0 Å². The van der Waals surface area contributed by atoms with Crippen LogP contribution in [0.3, 0.4) is 0 Å². The highest BCUT2D eigenvalue weighted by Gasteiger charge is 2.59. The number of aliphatic imine (C=N–C) groups is 1. The van der Waals surface area contributed by atoms with E-state index >= 15 is 0 Å². The summed E-state index contributed by atoms with van der Waals surface area (Å²) >= 11 is 0. The van der Waals surface area contributed by atoms with Crippen molar-refractivity contribution in [1.82, 2.24) is 10.6 Å². The largest absolute Gasteiger partial charge is 0.377 e. The summed E-state index contributed by atoms with van der Waals surface area (Å²) in [7, 11) is 1.83. The third-order valence-electron chi connectivity index (χ3n) is 4.16. The maximum absolute atomic E-state index is 5.79. The van der Waals surface area contributed by atoms with Gasteiger partial charge in [-0.15, -0.1) is 24.0 Å². The quantitative estimate of drug-likeness (QED) is 0.456. The molecule has 0 amide bonds. The smallest absolute Gasteiger partial charge is 0.191 e. The predicted octanol–water partition coefficient (Wildman–Crippen LogP) is 1.99. The second kappa shape index (κ2) is 6.41. The monoisotopic (exact) mass is 367 g/mol. The highest BCUT2D eigenvalue weighted by atomic mass is 127. The molecule has 106 valence electrons. The van der Waals surface area contributed by atoms with Gasteiger partial charge in [-0.05, 0) is 12.8 Å². The highest BCUT2D eigenvalue weighted by Crippen LogP contribution is 2.51. The zero-order valence-corrected chi connectivity index (χ0v) is 14.2. The Kier molecular flexibility index (Phi) is 5.70. The van der Waals surface area contributed by atoms with Gasteiger partial charge in [0.25, 0.3) is 0 Å². The van der Waals surface area contributed by atoms with Gasteiger partial charge in [0.1, 0.15) is 0 Å². The summed E-state index contributed by atoms with van der Waals surface area (Å²) in [6.45, 7) is 8.61. The van der Waals surface area contributed by atoms with Gasteiger partial charge < -0.3 is 15.4 Å². The summed E-state index contributed by atoms with van der Waals surface area (Å²) < 4.78 is 5.79. The number of fused-ring (bicyclic) bond motifs is 1. The maximum atomic E-state index is 5.79. The molecule has 1 saturated heterocycles. The van der Waals surface area contributed by atoms with Crippen LogP contribution in [0.25, 0.3) is 0 Å². The Balaban J connectivity index is 0.00000162. The molecule has 3 atom stereocenters. The van der Waals surface area contributed by atoms with E-state index in [1.165, 1.54) is 6.42 Å². The summed E-state index contributed by atoms with van der Waals surface area (Å²) in [5.41, 5.74) is 0.213. The first-order valence-corrected chi connectivity index (χ1v) is 6.70. The van der Waals surface area contributed by atoms with E-state index in [0.29, 0.717) is 18.1 Å². The number of ether oxygens (including phenoxy) is 1. The van der Waals surface area contributed by atoms with Gasteiger partial charge in [0, 0.05) is 37.6 Å². The Hall–Kier alpha value is -0.0400. The van der Waals surface area contributed by atoms with Crippen LogP contribution in [0.4, 0.5) is 0 Å². The van der Waals surface area contributed by atoms with Crippen molar-refractivity contribution >= 4 is 29.9 Å². The summed E-state index contributed by atoms with van der Waals surface area (Å²) in [5, 5.41) is 6.89. The Labute approximate surface area is 127 Å². The van der Waals surface area contributed by atoms with E-state index in [2.05, 4.69) is 36.4 Å². The summed E-state index contributed by atoms with van der Waals surface area (Å²) in [4.78, 5) is 4.28. The van der Waals surface area contributed by atoms with E-state index in [1.54, 1.807) is 0 Å². The Morgan fingerprint density at radius 3 is 2.78 bits per heavy atom. The van der Waals surface area contributed by atoms with E-state index < -0.39 is 0 Å². The highest BCUT2D eigenvalue weighted by molar-refractivity contribution is 14.0. The van der Waals surface area contributed by atoms with Crippen LogP contribution in [0.2, 0.25) is 0 Å². The fraction of sp³-hybridized carbons (Fsp3) is 0.923. The zero-order chi connectivity index (χ0) is 12.5. The molecule has 1 aliphatic heterocycles. The van der Waals surface area contributed by atoms with Crippen molar-refractivity contribution in [2.75, 3.05) is 20.2 Å². The maximum Gasteiger partial charge on any atom is 0.191 e. The van der Waals surface area contributed by atoms with Gasteiger partial charge in [-0.3, -0.25) is 4.99 Å². The lowest BCUT2D eigenvalue weighted by molar-refractivity contribution is -0.106. The Morgan fingerprint density at radius 1 is 1.44 bits per heavy atom. The molecule has 18 heavy (non-hydrogen) atoms. The second-order valence-corrected chi connectivity index (χ2v) is 5.69. The first-order chi connectivity index (χ1) is 8.11. The van der Waals surface area contributed by atoms with Crippen molar-refractivity contribution in [2.24, 2.45) is 16.3 Å². The fourth-order valence-electron chi connectivity index (χ4n) is 3.20. The molecule has 0 radical (unpaired) electrons. The van der Waals surface area contributed by atoms with Crippen LogP contribution in [0, 0.1) is 11.3 Å². The van der Waals surface area contributed by atoms with Gasteiger partial charge in [-0.1, -0.05) is 20.8 Å². The van der Waals surface area contributed by atoms with Crippen LogP contribution in [0.1, 0.15) is 33.6 Å². The fourth-order valence-corrected chi connectivity index (χ4v) is 3.20. The molecule has 4 nitrogen and oxygen atoms in total. The summed E-state index contributed by atoms with van der Waals surface area (Å²) in [6, 6.07) is 0.484. The van der Waals surface area contributed by atoms with Crippen molar-refractivity contribution in [2.45, 2.75) is 45.8 Å². The second-order valence-electron chi connectivity index (χ2n) is 5.69. The number of hydrogen-bond acceptors (Lipinski definition) is 2. The number of rotatable bonds is 3. The SMILES string of the molecule is CCCNC(=NC)NC1C2CCOC2C1(C)C.I. The summed E-state index contributed by atoms with van der Waals surface area (Å²) in [5.74, 6) is 1.58. The molecular formula is C13H26IN3O. The van der Waals surface area contributed by atoms with E-state index in [9.17, 15) is 0 Å². The Bertz CT molecular complexity index is 307. The molecule has 2 aliphatic rings. The van der Waals surface area contributed by atoms with Crippen LogP contribution >= 0.6 is 24.0 Å². The summed E-state index contributed by atoms with van der Waals surface area (Å²) in [6.07, 6.45) is 2.73. The van der Waals surface area contributed by atoms with Crippen LogP contribution in [0.5, 0.6) is 0 Å². The van der Waals surface area contributed by atoms with Crippen LogP contribution < -0.4 is 10.6 Å². The molecule has 1 saturated carbocycles. The molecule has 3 unspecified atom stereocenters. The van der Waals surface area contributed by atoms with Gasteiger partial charge in [-0.25, -0.2) is 0 Å². The number of hydrogen-bond donors (Lipinski definition) is 2. The van der Waals surface area contributed by atoms with E-state index in [0.717, 1.165) is 25.5 Å². The lowest BCUT2D eigenvalue weighted by Gasteiger charge is -2.54. The van der Waals surface area contributed by atoms with E-state index in [1.807, 2.05) is 7.05 Å². The molecule has 0 aromatic carbocycles. The standard InChI is InChI=1S/C13H25N3O.HI/c1-5-7-15-12(14-4)16-10-9-6-8-17-11(9)13(10,2)3;/h9-11H,5-8H2,1-4H3,(H2,14,15,16);1H. The normalized spacial score (nSPS) is 33.1. The molecule has 2 N–H and O–H groups in total. The van der Waals surface area contributed by atoms with Crippen molar-refractivity contribution in [1.29, 1.82) is 0 Å². The predicted molar refractivity (Wildman–Crippen MR) is 85.6 cm³/mol. The van der Waals surface area contributed by atoms with Crippen LogP contribution in [0.15, 0.2) is 4.99 Å². The minimum Gasteiger partial charge on any atom is -0.377 e. The first kappa shape index (κ1) is 16.0. The molecule has 5 heteroatoms. The molecule has 0 spiro atoms. The zero-order valence-electron chi connectivity index (χ0n) is 11.8. The molecule has 1 aliphatic carbocycles.